The molecule has 1 aromatic rings. The van der Waals surface area contributed by atoms with Crippen molar-refractivity contribution in [2.45, 2.75) is 57.8 Å². The van der Waals surface area contributed by atoms with E-state index in [0.29, 0.717) is 32.7 Å². The van der Waals surface area contributed by atoms with E-state index in [4.69, 9.17) is 4.74 Å². The van der Waals surface area contributed by atoms with Crippen LogP contribution in [0, 0.1) is 5.41 Å². The van der Waals surface area contributed by atoms with Gasteiger partial charge in [-0.05, 0) is 36.6 Å². The lowest BCUT2D eigenvalue weighted by Crippen LogP contribution is -2.62. The Morgan fingerprint density at radius 1 is 1.43 bits per heavy atom. The second-order valence-corrected chi connectivity index (χ2v) is 6.49. The number of amides is 1. The minimum atomic E-state index is -0.281. The van der Waals surface area contributed by atoms with Gasteiger partial charge in [0.2, 0.25) is 5.91 Å². The highest BCUT2D eigenvalue weighted by molar-refractivity contribution is 5.76. The van der Waals surface area contributed by atoms with Gasteiger partial charge in [0.05, 0.1) is 12.2 Å². The van der Waals surface area contributed by atoms with Gasteiger partial charge >= 0.3 is 0 Å². The molecule has 0 bridgehead atoms. The van der Waals surface area contributed by atoms with Gasteiger partial charge in [0, 0.05) is 44.5 Å². The molecule has 3 rings (SSSR count). The Morgan fingerprint density at radius 2 is 2.22 bits per heavy atom. The van der Waals surface area contributed by atoms with Crippen molar-refractivity contribution in [3.63, 3.8) is 0 Å². The largest absolute Gasteiger partial charge is 0.392 e. The van der Waals surface area contributed by atoms with E-state index in [1.807, 2.05) is 11.8 Å². The lowest BCUT2D eigenvalue weighted by Gasteiger charge is -2.56. The van der Waals surface area contributed by atoms with Crippen LogP contribution in [0.3, 0.4) is 0 Å². The first-order valence-electron chi connectivity index (χ1n) is 8.44. The first kappa shape index (κ1) is 16.3. The Kier molecular flexibility index (Phi) is 4.91. The third-order valence-corrected chi connectivity index (χ3v) is 5.33. The summed E-state index contributed by atoms with van der Waals surface area (Å²) in [6.07, 6.45) is 5.06. The van der Waals surface area contributed by atoms with Crippen LogP contribution < -0.4 is 0 Å². The van der Waals surface area contributed by atoms with E-state index < -0.39 is 0 Å². The van der Waals surface area contributed by atoms with Gasteiger partial charge in [-0.2, -0.15) is 0 Å². The molecule has 8 heteroatoms. The van der Waals surface area contributed by atoms with Crippen LogP contribution in [-0.4, -0.2) is 68.0 Å². The molecule has 0 radical (unpaired) electrons. The zero-order chi connectivity index (χ0) is 16.3. The molecule has 0 unspecified atom stereocenters. The van der Waals surface area contributed by atoms with Crippen molar-refractivity contribution in [1.82, 2.24) is 25.1 Å². The van der Waals surface area contributed by atoms with Crippen LogP contribution in [0.5, 0.6) is 0 Å². The molecule has 1 saturated heterocycles. The molecule has 2 fully saturated rings. The molecule has 23 heavy (non-hydrogen) atoms. The summed E-state index contributed by atoms with van der Waals surface area (Å²) in [4.78, 5) is 14.2. The molecule has 2 aliphatic rings. The van der Waals surface area contributed by atoms with Crippen LogP contribution in [-0.2, 0) is 16.1 Å². The fourth-order valence-corrected chi connectivity index (χ4v) is 3.82. The number of carbonyl (C=O) groups excluding carboxylic acids is 1. The van der Waals surface area contributed by atoms with Gasteiger partial charge in [0.1, 0.15) is 6.33 Å². The minimum absolute atomic E-state index is 0.126. The zero-order valence-electron chi connectivity index (χ0n) is 13.6. The molecule has 8 nitrogen and oxygen atoms in total. The lowest BCUT2D eigenvalue weighted by molar-refractivity contribution is -0.210. The summed E-state index contributed by atoms with van der Waals surface area (Å²) in [6, 6.07) is 0. The Hall–Kier alpha value is -1.54. The van der Waals surface area contributed by atoms with Crippen molar-refractivity contribution < 1.29 is 14.6 Å². The van der Waals surface area contributed by atoms with Crippen LogP contribution in [0.4, 0.5) is 0 Å². The van der Waals surface area contributed by atoms with Gasteiger partial charge in [0.25, 0.3) is 0 Å². The fraction of sp³-hybridized carbons (Fsp3) is 0.867. The van der Waals surface area contributed by atoms with Gasteiger partial charge in [0.15, 0.2) is 0 Å². The van der Waals surface area contributed by atoms with Crippen molar-refractivity contribution in [2.24, 2.45) is 5.41 Å². The summed E-state index contributed by atoms with van der Waals surface area (Å²) >= 11 is 0. The lowest BCUT2D eigenvalue weighted by atomic mass is 9.58. The quantitative estimate of drug-likeness (QED) is 0.805. The van der Waals surface area contributed by atoms with E-state index in [1.54, 1.807) is 11.0 Å². The molecule has 1 saturated carbocycles. The van der Waals surface area contributed by atoms with Crippen molar-refractivity contribution >= 4 is 5.91 Å². The van der Waals surface area contributed by atoms with E-state index in [9.17, 15) is 9.90 Å². The van der Waals surface area contributed by atoms with E-state index in [2.05, 4.69) is 15.5 Å². The Morgan fingerprint density at radius 3 is 2.83 bits per heavy atom. The Bertz CT molecular complexity index is 511. The average molecular weight is 323 g/mol. The van der Waals surface area contributed by atoms with Crippen molar-refractivity contribution in [2.75, 3.05) is 19.7 Å². The summed E-state index contributed by atoms with van der Waals surface area (Å²) in [6.45, 7) is 4.75. The van der Waals surface area contributed by atoms with Crippen molar-refractivity contribution in [1.29, 1.82) is 0 Å². The maximum atomic E-state index is 12.3. The Balaban J connectivity index is 1.44. The molecule has 1 aromatic heterocycles. The number of rotatable bonds is 6. The summed E-state index contributed by atoms with van der Waals surface area (Å²) < 4.78 is 7.39. The van der Waals surface area contributed by atoms with E-state index in [-0.39, 0.29) is 23.5 Å². The molecular formula is C15H25N5O3. The summed E-state index contributed by atoms with van der Waals surface area (Å²) in [7, 11) is 0. The standard InChI is InChI=1S/C15H25N5O3/c1-2-23-13-10-12(21)15(13)5-8-19(9-6-15)14(22)4-3-7-20-11-16-17-18-20/h11-13,21H,2-10H2,1H3/t12-,13+/m0/s1. The van der Waals surface area contributed by atoms with Gasteiger partial charge in [-0.25, -0.2) is 4.68 Å². The monoisotopic (exact) mass is 323 g/mol. The van der Waals surface area contributed by atoms with Crippen LogP contribution in [0.1, 0.15) is 39.0 Å². The van der Waals surface area contributed by atoms with E-state index in [1.165, 1.54) is 0 Å². The highest BCUT2D eigenvalue weighted by Gasteiger charge is 2.56. The number of hydrogen-bond acceptors (Lipinski definition) is 6. The molecule has 2 atom stereocenters. The second-order valence-electron chi connectivity index (χ2n) is 6.49. The predicted molar refractivity (Wildman–Crippen MR) is 81.3 cm³/mol. The number of aryl methyl sites for hydroxylation is 1. The molecule has 128 valence electrons. The van der Waals surface area contributed by atoms with Crippen LogP contribution >= 0.6 is 0 Å². The number of nitrogens with zero attached hydrogens (tertiary/aromatic N) is 5. The molecule has 1 aliphatic heterocycles. The molecule has 0 aromatic carbocycles. The highest BCUT2D eigenvalue weighted by atomic mass is 16.5. The number of aromatic nitrogens is 4. The predicted octanol–water partition coefficient (Wildman–Crippen LogP) is 0.232. The molecule has 1 aliphatic carbocycles. The van der Waals surface area contributed by atoms with Crippen LogP contribution in [0.25, 0.3) is 0 Å². The molecule has 1 spiro atoms. The maximum absolute atomic E-state index is 12.3. The number of piperidine rings is 1. The third kappa shape index (κ3) is 3.23. The molecule has 2 heterocycles. The summed E-state index contributed by atoms with van der Waals surface area (Å²) in [5.41, 5.74) is -0.126. The number of tetrazole rings is 1. The van der Waals surface area contributed by atoms with Gasteiger partial charge in [-0.3, -0.25) is 4.79 Å². The number of ether oxygens (including phenoxy) is 1. The SMILES string of the molecule is CCO[C@@H]1C[C@H](O)C12CCN(C(=O)CCCn1cnnn1)CC2. The van der Waals surface area contributed by atoms with Gasteiger partial charge in [-0.15, -0.1) is 5.10 Å². The first-order valence-corrected chi connectivity index (χ1v) is 8.44. The van der Waals surface area contributed by atoms with Crippen molar-refractivity contribution in [3.05, 3.63) is 6.33 Å². The maximum Gasteiger partial charge on any atom is 0.222 e. The normalized spacial score (nSPS) is 26.3. The van der Waals surface area contributed by atoms with Crippen LogP contribution in [0.15, 0.2) is 6.33 Å². The average Bonchev–Trinajstić information content (AvgIpc) is 3.08. The zero-order valence-corrected chi connectivity index (χ0v) is 13.6. The summed E-state index contributed by atoms with van der Waals surface area (Å²) in [5, 5.41) is 21.1. The number of aliphatic hydroxyl groups excluding tert-OH is 1. The number of aliphatic hydroxyl groups is 1. The number of likely N-dealkylation sites (tertiary alicyclic amines) is 1. The van der Waals surface area contributed by atoms with Crippen LogP contribution in [0.2, 0.25) is 0 Å². The smallest absolute Gasteiger partial charge is 0.222 e. The fourth-order valence-electron chi connectivity index (χ4n) is 3.82. The van der Waals surface area contributed by atoms with E-state index in [0.717, 1.165) is 25.7 Å². The summed E-state index contributed by atoms with van der Waals surface area (Å²) in [5.74, 6) is 0.176. The molecule has 1 amide bonds. The van der Waals surface area contributed by atoms with Gasteiger partial charge < -0.3 is 14.7 Å². The topological polar surface area (TPSA) is 93.4 Å². The number of hydrogen-bond donors (Lipinski definition) is 1. The molecular weight excluding hydrogens is 298 g/mol. The third-order valence-electron chi connectivity index (χ3n) is 5.33. The van der Waals surface area contributed by atoms with E-state index >= 15 is 0 Å². The minimum Gasteiger partial charge on any atom is -0.392 e. The van der Waals surface area contributed by atoms with Gasteiger partial charge in [-0.1, -0.05) is 0 Å². The second kappa shape index (κ2) is 6.92. The van der Waals surface area contributed by atoms with Crippen molar-refractivity contribution in [3.8, 4) is 0 Å². The highest BCUT2D eigenvalue weighted by Crippen LogP contribution is 2.50. The first-order chi connectivity index (χ1) is 11.2. The number of carbonyl (C=O) groups is 1. The Labute approximate surface area is 135 Å². The molecule has 1 N–H and O–H groups in total.